The fourth-order valence-corrected chi connectivity index (χ4v) is 4.43. The van der Waals surface area contributed by atoms with Crippen molar-refractivity contribution in [3.05, 3.63) is 40.4 Å². The summed E-state index contributed by atoms with van der Waals surface area (Å²) in [4.78, 5) is 16.5. The molecule has 0 radical (unpaired) electrons. The fourth-order valence-electron chi connectivity index (χ4n) is 3.25. The van der Waals surface area contributed by atoms with E-state index in [1.807, 2.05) is 12.1 Å². The molecule has 0 atom stereocenters. The smallest absolute Gasteiger partial charge is 0.282 e. The van der Waals surface area contributed by atoms with Gasteiger partial charge in [-0.1, -0.05) is 43.0 Å². The lowest BCUT2D eigenvalue weighted by atomic mass is 9.90. The molecule has 0 unspecified atom stereocenters. The molecule has 3 aliphatic rings. The van der Waals surface area contributed by atoms with Crippen molar-refractivity contribution in [3.63, 3.8) is 0 Å². The molecule has 0 saturated heterocycles. The molecule has 2 aliphatic heterocycles. The average Bonchev–Trinajstić information content (AvgIpc) is 3.05. The number of nitrogens with zero attached hydrogens (tertiary/aromatic N) is 3. The molecule has 1 saturated carbocycles. The van der Waals surface area contributed by atoms with Crippen LogP contribution in [0.4, 0.5) is 0 Å². The van der Waals surface area contributed by atoms with Crippen LogP contribution in [0, 0.1) is 11.3 Å². The molecule has 0 spiro atoms. The third-order valence-electron chi connectivity index (χ3n) is 4.61. The van der Waals surface area contributed by atoms with Gasteiger partial charge < -0.3 is 0 Å². The highest BCUT2D eigenvalue weighted by atomic mass is 35.5. The topological polar surface area (TPSA) is 68.9 Å². The molecule has 128 valence electrons. The summed E-state index contributed by atoms with van der Waals surface area (Å²) < 4.78 is 0. The summed E-state index contributed by atoms with van der Waals surface area (Å²) >= 11 is 7.33. The summed E-state index contributed by atoms with van der Waals surface area (Å²) in [5, 5.41) is 16.6. The number of carbonyl (C=O) groups is 1. The Labute approximate surface area is 155 Å². The van der Waals surface area contributed by atoms with E-state index in [0.717, 1.165) is 23.4 Å². The van der Waals surface area contributed by atoms with Gasteiger partial charge in [0.2, 0.25) is 5.17 Å². The first-order valence-electron chi connectivity index (χ1n) is 8.37. The molecule has 25 heavy (non-hydrogen) atoms. The third-order valence-corrected chi connectivity index (χ3v) is 5.93. The molecule has 4 rings (SSSR count). The second-order valence-electron chi connectivity index (χ2n) is 6.34. The van der Waals surface area contributed by atoms with E-state index in [4.69, 9.17) is 17.0 Å². The van der Waals surface area contributed by atoms with Crippen LogP contribution in [0.3, 0.4) is 0 Å². The predicted octanol–water partition coefficient (Wildman–Crippen LogP) is 4.54. The van der Waals surface area contributed by atoms with Gasteiger partial charge in [-0.3, -0.25) is 10.2 Å². The van der Waals surface area contributed by atoms with Crippen LogP contribution in [0.1, 0.15) is 37.7 Å². The Morgan fingerprint density at radius 1 is 1.20 bits per heavy atom. The van der Waals surface area contributed by atoms with Crippen LogP contribution in [-0.2, 0) is 4.79 Å². The number of amides is 1. The number of hydrogen-bond donors (Lipinski definition) is 1. The SMILES string of the molecule is N=C1/C(=C\c2ccc(Cl)cc2)C(=O)N=C2SC(C3CCCCC3)=NN12. The molecule has 1 aromatic rings. The molecule has 7 heteroatoms. The zero-order valence-electron chi connectivity index (χ0n) is 13.5. The zero-order valence-corrected chi connectivity index (χ0v) is 15.1. The molecule has 1 fully saturated rings. The number of halogens is 1. The number of fused-ring (bicyclic) bond motifs is 1. The van der Waals surface area contributed by atoms with Crippen LogP contribution < -0.4 is 0 Å². The molecule has 1 amide bonds. The summed E-state index contributed by atoms with van der Waals surface area (Å²) in [6.07, 6.45) is 7.63. The van der Waals surface area contributed by atoms with E-state index in [0.29, 0.717) is 16.1 Å². The number of thioether (sulfide) groups is 1. The second kappa shape index (κ2) is 6.77. The third kappa shape index (κ3) is 3.28. The van der Waals surface area contributed by atoms with Gasteiger partial charge in [0.1, 0.15) is 5.04 Å². The largest absolute Gasteiger partial charge is 0.283 e. The van der Waals surface area contributed by atoms with E-state index in [-0.39, 0.29) is 11.4 Å². The van der Waals surface area contributed by atoms with Crippen molar-refractivity contribution in [2.75, 3.05) is 0 Å². The lowest BCUT2D eigenvalue weighted by molar-refractivity contribution is -0.114. The molecule has 1 N–H and O–H groups in total. The highest BCUT2D eigenvalue weighted by Gasteiger charge is 2.37. The van der Waals surface area contributed by atoms with Gasteiger partial charge in [-0.05, 0) is 48.4 Å². The summed E-state index contributed by atoms with van der Waals surface area (Å²) in [6.45, 7) is 0. The van der Waals surface area contributed by atoms with Crippen molar-refractivity contribution in [3.8, 4) is 0 Å². The zero-order chi connectivity index (χ0) is 17.4. The second-order valence-corrected chi connectivity index (χ2v) is 7.77. The minimum Gasteiger partial charge on any atom is -0.282 e. The van der Waals surface area contributed by atoms with E-state index in [1.54, 1.807) is 18.2 Å². The Balaban J connectivity index is 1.62. The van der Waals surface area contributed by atoms with Crippen molar-refractivity contribution in [2.24, 2.45) is 16.0 Å². The fraction of sp³-hybridized carbons (Fsp3) is 0.333. The predicted molar refractivity (Wildman–Crippen MR) is 103 cm³/mol. The number of benzene rings is 1. The van der Waals surface area contributed by atoms with Crippen molar-refractivity contribution < 1.29 is 4.79 Å². The summed E-state index contributed by atoms with van der Waals surface area (Å²) in [7, 11) is 0. The van der Waals surface area contributed by atoms with Gasteiger partial charge in [0.15, 0.2) is 5.84 Å². The number of hydrazone groups is 1. The highest BCUT2D eigenvalue weighted by molar-refractivity contribution is 8.27. The monoisotopic (exact) mass is 372 g/mol. The first kappa shape index (κ1) is 16.5. The van der Waals surface area contributed by atoms with Gasteiger partial charge in [-0.25, -0.2) is 0 Å². The molecule has 1 aromatic carbocycles. The molecule has 0 aromatic heterocycles. The number of amidine groups is 2. The van der Waals surface area contributed by atoms with Crippen molar-refractivity contribution in [1.82, 2.24) is 5.01 Å². The Morgan fingerprint density at radius 2 is 1.92 bits per heavy atom. The van der Waals surface area contributed by atoms with Gasteiger partial charge in [0, 0.05) is 10.9 Å². The van der Waals surface area contributed by atoms with Crippen molar-refractivity contribution in [1.29, 1.82) is 5.41 Å². The van der Waals surface area contributed by atoms with Crippen LogP contribution in [0.25, 0.3) is 6.08 Å². The van der Waals surface area contributed by atoms with Crippen molar-refractivity contribution >= 4 is 51.4 Å². The Morgan fingerprint density at radius 3 is 2.64 bits per heavy atom. The van der Waals surface area contributed by atoms with Gasteiger partial charge in [-0.15, -0.1) is 0 Å². The number of rotatable bonds is 2. The summed E-state index contributed by atoms with van der Waals surface area (Å²) in [6, 6.07) is 7.13. The molecular formula is C18H17ClN4OS. The molecule has 0 bridgehead atoms. The maximum atomic E-state index is 12.4. The van der Waals surface area contributed by atoms with E-state index < -0.39 is 5.91 Å². The van der Waals surface area contributed by atoms with Crippen LogP contribution in [-0.4, -0.2) is 27.0 Å². The van der Waals surface area contributed by atoms with Gasteiger partial charge >= 0.3 is 0 Å². The molecule has 1 aliphatic carbocycles. The number of hydrogen-bond acceptors (Lipinski definition) is 4. The van der Waals surface area contributed by atoms with Crippen LogP contribution in [0.2, 0.25) is 5.02 Å². The van der Waals surface area contributed by atoms with Gasteiger partial charge in [0.05, 0.1) is 5.57 Å². The quantitative estimate of drug-likeness (QED) is 0.775. The molecule has 5 nitrogen and oxygen atoms in total. The van der Waals surface area contributed by atoms with Crippen molar-refractivity contribution in [2.45, 2.75) is 32.1 Å². The molecular weight excluding hydrogens is 356 g/mol. The standard InChI is InChI=1S/C18H17ClN4OS/c19-13-8-6-11(7-9-13)10-14-15(20)23-18(21-16(14)24)25-17(22-23)12-4-2-1-3-5-12/h6-10,12,20H,1-5H2/b14-10+,20-15?. The normalized spacial score (nSPS) is 22.9. The highest BCUT2D eigenvalue weighted by Crippen LogP contribution is 2.36. The van der Waals surface area contributed by atoms with E-state index in [9.17, 15) is 4.79 Å². The maximum absolute atomic E-state index is 12.4. The Hall–Kier alpha value is -1.92. The van der Waals surface area contributed by atoms with Crippen LogP contribution in [0.15, 0.2) is 39.9 Å². The minimum atomic E-state index is -0.390. The number of carbonyl (C=O) groups excluding carboxylic acids is 1. The lowest BCUT2D eigenvalue weighted by Crippen LogP contribution is -2.35. The summed E-state index contributed by atoms with van der Waals surface area (Å²) in [5.41, 5.74) is 1.06. The number of aliphatic imine (C=N–C) groups is 1. The van der Waals surface area contributed by atoms with E-state index >= 15 is 0 Å². The van der Waals surface area contributed by atoms with E-state index in [1.165, 1.54) is 36.0 Å². The maximum Gasteiger partial charge on any atom is 0.283 e. The summed E-state index contributed by atoms with van der Waals surface area (Å²) in [5.74, 6) is 0.126. The van der Waals surface area contributed by atoms with E-state index in [2.05, 4.69) is 10.1 Å². The van der Waals surface area contributed by atoms with Gasteiger partial charge in [0.25, 0.3) is 5.91 Å². The first-order chi connectivity index (χ1) is 12.1. The van der Waals surface area contributed by atoms with Crippen LogP contribution >= 0.6 is 23.4 Å². The first-order valence-corrected chi connectivity index (χ1v) is 9.57. The Bertz CT molecular complexity index is 822. The average molecular weight is 373 g/mol. The lowest BCUT2D eigenvalue weighted by Gasteiger charge is -2.20. The Kier molecular flexibility index (Phi) is 4.48. The molecule has 2 heterocycles. The van der Waals surface area contributed by atoms with Crippen LogP contribution in [0.5, 0.6) is 0 Å². The minimum absolute atomic E-state index is 0.0864. The van der Waals surface area contributed by atoms with Gasteiger partial charge in [-0.2, -0.15) is 15.1 Å². The number of nitrogens with one attached hydrogen (secondary N) is 1.